The van der Waals surface area contributed by atoms with Crippen LogP contribution in [0.5, 0.6) is 5.75 Å². The Labute approximate surface area is 181 Å². The third-order valence-electron chi connectivity index (χ3n) is 4.75. The van der Waals surface area contributed by atoms with Crippen LogP contribution in [0.15, 0.2) is 60.0 Å². The van der Waals surface area contributed by atoms with E-state index in [0.29, 0.717) is 0 Å². The van der Waals surface area contributed by atoms with Crippen molar-refractivity contribution in [3.63, 3.8) is 0 Å². The van der Waals surface area contributed by atoms with Gasteiger partial charge in [-0.1, -0.05) is 36.4 Å². The van der Waals surface area contributed by atoms with Gasteiger partial charge in [-0.2, -0.15) is 0 Å². The van der Waals surface area contributed by atoms with Crippen molar-refractivity contribution in [2.75, 3.05) is 11.9 Å². The van der Waals surface area contributed by atoms with Crippen LogP contribution in [0.25, 0.3) is 21.3 Å². The second-order valence-corrected chi connectivity index (χ2v) is 7.95. The molecule has 2 aromatic carbocycles. The lowest BCUT2D eigenvalue weighted by Gasteiger charge is -2.10. The summed E-state index contributed by atoms with van der Waals surface area (Å²) in [7, 11) is 0. The third-order valence-corrected chi connectivity index (χ3v) is 5.55. The number of halogens is 3. The highest BCUT2D eigenvalue weighted by Crippen LogP contribution is 2.27. The third kappa shape index (κ3) is 5.52. The molecule has 0 aliphatic heterocycles. The maximum absolute atomic E-state index is 12.3. The molecular weight excluding hydrogens is 423 g/mol. The van der Waals surface area contributed by atoms with Gasteiger partial charge >= 0.3 is 6.36 Å². The summed E-state index contributed by atoms with van der Waals surface area (Å²) in [4.78, 5) is 9.93. The number of ether oxygens (including phenoxy) is 1. The summed E-state index contributed by atoms with van der Waals surface area (Å²) >= 11 is 1.61. The van der Waals surface area contributed by atoms with E-state index in [4.69, 9.17) is 0 Å². The number of rotatable bonds is 7. The van der Waals surface area contributed by atoms with Gasteiger partial charge in [0.15, 0.2) is 0 Å². The van der Waals surface area contributed by atoms with Gasteiger partial charge < -0.3 is 10.1 Å². The Bertz CT molecular complexity index is 1160. The number of fused-ring (bicyclic) bond motifs is 1. The van der Waals surface area contributed by atoms with Crippen molar-refractivity contribution in [3.05, 3.63) is 71.4 Å². The summed E-state index contributed by atoms with van der Waals surface area (Å²) in [6.45, 7) is 2.69. The highest BCUT2D eigenvalue weighted by molar-refractivity contribution is 7.16. The summed E-state index contributed by atoms with van der Waals surface area (Å²) in [5.41, 5.74) is 2.97. The molecule has 0 spiro atoms. The quantitative estimate of drug-likeness (QED) is 0.327. The zero-order valence-corrected chi connectivity index (χ0v) is 17.6. The smallest absolute Gasteiger partial charge is 0.406 e. The molecule has 0 amide bonds. The number of hydrogen-bond acceptors (Lipinski definition) is 5. The van der Waals surface area contributed by atoms with Crippen LogP contribution < -0.4 is 10.1 Å². The normalized spacial score (nSPS) is 11.6. The predicted octanol–water partition coefficient (Wildman–Crippen LogP) is 6.61. The average molecular weight is 443 g/mol. The number of nitrogens with one attached hydrogen (secondary N) is 1. The summed E-state index contributed by atoms with van der Waals surface area (Å²) in [6.07, 6.45) is -2.83. The molecular formula is C23H20F3N3OS. The van der Waals surface area contributed by atoms with Gasteiger partial charge in [-0.3, -0.25) is 0 Å². The van der Waals surface area contributed by atoms with E-state index in [2.05, 4.69) is 20.0 Å². The molecule has 1 N–H and O–H groups in total. The number of thiophene rings is 1. The lowest BCUT2D eigenvalue weighted by molar-refractivity contribution is -0.274. The van der Waals surface area contributed by atoms with Crippen LogP contribution in [0.1, 0.15) is 17.8 Å². The Morgan fingerprint density at radius 3 is 2.29 bits per heavy atom. The Hall–Kier alpha value is -3.13. The molecule has 4 rings (SSSR count). The average Bonchev–Trinajstić information content (AvgIpc) is 3.19. The zero-order chi connectivity index (χ0) is 21.8. The molecule has 0 aliphatic rings. The summed E-state index contributed by atoms with van der Waals surface area (Å²) in [5, 5.41) is 6.47. The maximum atomic E-state index is 12.3. The molecule has 31 heavy (non-hydrogen) atoms. The lowest BCUT2D eigenvalue weighted by atomic mass is 10.0. The first-order chi connectivity index (χ1) is 14.9. The van der Waals surface area contributed by atoms with Crippen LogP contribution in [-0.2, 0) is 6.42 Å². The molecule has 160 valence electrons. The Kier molecular flexibility index (Phi) is 6.08. The maximum Gasteiger partial charge on any atom is 0.573 e. The van der Waals surface area contributed by atoms with E-state index in [1.54, 1.807) is 23.5 Å². The van der Waals surface area contributed by atoms with Gasteiger partial charge in [0.25, 0.3) is 0 Å². The van der Waals surface area contributed by atoms with Gasteiger partial charge in [0.2, 0.25) is 0 Å². The summed E-state index contributed by atoms with van der Waals surface area (Å²) in [5.74, 6) is 1.40. The monoisotopic (exact) mass is 443 g/mol. The highest BCUT2D eigenvalue weighted by Gasteiger charge is 2.30. The Morgan fingerprint density at radius 2 is 1.61 bits per heavy atom. The second kappa shape index (κ2) is 8.93. The van der Waals surface area contributed by atoms with E-state index in [1.807, 2.05) is 42.6 Å². The number of alkyl halides is 3. The molecule has 4 nitrogen and oxygen atoms in total. The highest BCUT2D eigenvalue weighted by atomic mass is 32.1. The van der Waals surface area contributed by atoms with Crippen LogP contribution in [0.4, 0.5) is 19.0 Å². The van der Waals surface area contributed by atoms with Crippen LogP contribution in [0.3, 0.4) is 0 Å². The van der Waals surface area contributed by atoms with E-state index >= 15 is 0 Å². The van der Waals surface area contributed by atoms with Gasteiger partial charge in [0.05, 0.1) is 5.39 Å². The molecule has 0 saturated carbocycles. The molecule has 0 unspecified atom stereocenters. The molecule has 4 aromatic rings. The Balaban J connectivity index is 1.31. The largest absolute Gasteiger partial charge is 0.573 e. The SMILES string of the molecule is Cc1nc(NCCCc2ccc(-c3ccc(OC(F)(F)F)cc3)cc2)c2ccsc2n1. The van der Waals surface area contributed by atoms with Gasteiger partial charge in [0.1, 0.15) is 22.2 Å². The van der Waals surface area contributed by atoms with Crippen LogP contribution in [0.2, 0.25) is 0 Å². The van der Waals surface area contributed by atoms with Crippen LogP contribution >= 0.6 is 11.3 Å². The van der Waals surface area contributed by atoms with E-state index in [1.165, 1.54) is 17.7 Å². The minimum atomic E-state index is -4.68. The molecule has 8 heteroatoms. The first-order valence-electron chi connectivity index (χ1n) is 9.78. The van der Waals surface area contributed by atoms with E-state index in [-0.39, 0.29) is 5.75 Å². The minimum Gasteiger partial charge on any atom is -0.406 e. The molecule has 2 heterocycles. The number of aryl methyl sites for hydroxylation is 2. The number of aromatic nitrogens is 2. The number of nitrogens with zero attached hydrogens (tertiary/aromatic N) is 2. The Morgan fingerprint density at radius 1 is 0.935 bits per heavy atom. The lowest BCUT2D eigenvalue weighted by Crippen LogP contribution is -2.16. The van der Waals surface area contributed by atoms with Crippen molar-refractivity contribution < 1.29 is 17.9 Å². The number of hydrogen-bond donors (Lipinski definition) is 1. The molecule has 0 saturated heterocycles. The van der Waals surface area contributed by atoms with Crippen molar-refractivity contribution in [1.29, 1.82) is 0 Å². The molecule has 0 fully saturated rings. The minimum absolute atomic E-state index is 0.223. The van der Waals surface area contributed by atoms with Crippen molar-refractivity contribution in [2.24, 2.45) is 0 Å². The van der Waals surface area contributed by atoms with E-state index in [0.717, 1.165) is 52.4 Å². The second-order valence-electron chi connectivity index (χ2n) is 7.06. The number of benzene rings is 2. The molecule has 0 atom stereocenters. The van der Waals surface area contributed by atoms with Gasteiger partial charge in [-0.05, 0) is 60.0 Å². The first kappa shape index (κ1) is 21.1. The topological polar surface area (TPSA) is 47.0 Å². The molecule has 0 radical (unpaired) electrons. The van der Waals surface area contributed by atoms with Crippen molar-refractivity contribution in [2.45, 2.75) is 26.1 Å². The molecule has 2 aromatic heterocycles. The fraction of sp³-hybridized carbons (Fsp3) is 0.217. The predicted molar refractivity (Wildman–Crippen MR) is 118 cm³/mol. The van der Waals surface area contributed by atoms with E-state index < -0.39 is 6.36 Å². The van der Waals surface area contributed by atoms with Crippen LogP contribution in [0, 0.1) is 6.92 Å². The van der Waals surface area contributed by atoms with Crippen molar-refractivity contribution >= 4 is 27.4 Å². The summed E-state index contributed by atoms with van der Waals surface area (Å²) < 4.78 is 40.7. The summed E-state index contributed by atoms with van der Waals surface area (Å²) in [6, 6.07) is 16.0. The van der Waals surface area contributed by atoms with Gasteiger partial charge in [-0.25, -0.2) is 9.97 Å². The van der Waals surface area contributed by atoms with Crippen molar-refractivity contribution in [1.82, 2.24) is 9.97 Å². The van der Waals surface area contributed by atoms with Gasteiger partial charge in [-0.15, -0.1) is 24.5 Å². The zero-order valence-electron chi connectivity index (χ0n) is 16.7. The standard InChI is InChI=1S/C23H20F3N3OS/c1-15-28-21(20-12-14-31-22(20)29-15)27-13-2-3-16-4-6-17(7-5-16)18-8-10-19(11-9-18)30-23(24,25)26/h4-12,14H,2-3,13H2,1H3,(H,27,28,29). The first-order valence-corrected chi connectivity index (χ1v) is 10.7. The van der Waals surface area contributed by atoms with E-state index in [9.17, 15) is 13.2 Å². The molecule has 0 aliphatic carbocycles. The molecule has 0 bridgehead atoms. The van der Waals surface area contributed by atoms with Crippen LogP contribution in [-0.4, -0.2) is 22.9 Å². The van der Waals surface area contributed by atoms with Gasteiger partial charge in [0, 0.05) is 6.54 Å². The fourth-order valence-electron chi connectivity index (χ4n) is 3.31. The van der Waals surface area contributed by atoms with Crippen molar-refractivity contribution in [3.8, 4) is 16.9 Å². The fourth-order valence-corrected chi connectivity index (χ4v) is 4.12. The number of anilines is 1.